The normalized spacial score (nSPS) is 11.6. The standard InChI is InChI=1S/C73H49N5O8/c1-48-10-12-49(13-11-48)8-6-7-9-50-22-36-61(37-23-50)78(62-38-24-51(25-39-62)42-64(57-28-14-53(15-29-57)44-66(74-2)70(79)80)58-30-16-54(17-31-58)45-67(75-3)71(81)82)63-40-26-52(27-41-63)43-65(59-32-18-55(19-33-59)46-68(76-4)72(83)84)60-34-20-56(21-35-60)47-69(77-5)73(85)86/h6-47H,1H3,(H,79,80)(H,81,82)(H,83,84)(H,85,86)/b8-6+,9-7+,66-44-,67-45-,68-46-,69-47-. The molecule has 0 fully saturated rings. The van der Waals surface area contributed by atoms with Crippen LogP contribution in [0.5, 0.6) is 0 Å². The van der Waals surface area contributed by atoms with E-state index in [1.165, 1.54) is 29.9 Å². The van der Waals surface area contributed by atoms with Crippen LogP contribution in [0.3, 0.4) is 0 Å². The first kappa shape index (κ1) is 59.4. The molecule has 0 aliphatic heterocycles. The van der Waals surface area contributed by atoms with Crippen LogP contribution in [-0.2, 0) is 19.2 Å². The molecule has 0 aliphatic rings. The van der Waals surface area contributed by atoms with Gasteiger partial charge in [0.25, 0.3) is 22.8 Å². The van der Waals surface area contributed by atoms with Crippen molar-refractivity contribution >= 4 is 101 Å². The van der Waals surface area contributed by atoms with Crippen LogP contribution in [0.15, 0.2) is 229 Å². The highest BCUT2D eigenvalue weighted by Crippen LogP contribution is 2.37. The second-order valence-electron chi connectivity index (χ2n) is 19.1. The first-order valence-electron chi connectivity index (χ1n) is 26.3. The Morgan fingerprint density at radius 3 is 0.756 bits per heavy atom. The third-order valence-electron chi connectivity index (χ3n) is 13.3. The number of aryl methyl sites for hydroxylation is 1. The van der Waals surface area contributed by atoms with Gasteiger partial charge in [-0.25, -0.2) is 19.4 Å². The van der Waals surface area contributed by atoms with Crippen molar-refractivity contribution in [1.29, 1.82) is 0 Å². The summed E-state index contributed by atoms with van der Waals surface area (Å²) in [5.74, 6) is -5.34. The number of hydrogen-bond acceptors (Lipinski definition) is 5. The van der Waals surface area contributed by atoms with Gasteiger partial charge in [0.05, 0.1) is 26.3 Å². The highest BCUT2D eigenvalue weighted by Gasteiger charge is 2.16. The predicted octanol–water partition coefficient (Wildman–Crippen LogP) is 16.7. The van der Waals surface area contributed by atoms with Crippen LogP contribution in [0.4, 0.5) is 17.1 Å². The molecular weight excluding hydrogens is 1070 g/mol. The SMILES string of the molecule is [C-]#[N+]/C(=C\c1ccc(C(=Cc2ccc(N(c3ccc(C=C(c4ccc(/C=C(\[N+]#[C-])C(=O)O)cc4)c4ccc(/C=C(\[N+]#[C-])C(=O)O)cc4)cc3)c3ccc(/C=C/C=C/c4ccc(C)cc4)cc3)cc2)c2ccc(/C=C(\[N+]#[C-])C(=O)O)cc2)cc1)C(=O)O. The van der Waals surface area contributed by atoms with Crippen LogP contribution in [0, 0.1) is 33.2 Å². The summed E-state index contributed by atoms with van der Waals surface area (Å²) in [6.07, 6.45) is 17.2. The number of carboxylic acids is 4. The number of anilines is 3. The number of aliphatic carboxylic acids is 4. The van der Waals surface area contributed by atoms with Gasteiger partial charge < -0.3 is 25.3 Å². The highest BCUT2D eigenvalue weighted by atomic mass is 16.4. The lowest BCUT2D eigenvalue weighted by Gasteiger charge is -2.26. The van der Waals surface area contributed by atoms with Gasteiger partial charge in [-0.05, 0) is 158 Å². The van der Waals surface area contributed by atoms with Crippen molar-refractivity contribution < 1.29 is 39.6 Å². The molecule has 0 atom stereocenters. The number of carboxylic acid groups (broad SMARTS) is 4. The summed E-state index contributed by atoms with van der Waals surface area (Å²) in [4.78, 5) is 61.1. The van der Waals surface area contributed by atoms with Crippen molar-refractivity contribution in [2.24, 2.45) is 0 Å². The molecule has 0 unspecified atom stereocenters. The summed E-state index contributed by atoms with van der Waals surface area (Å²) in [5.41, 5.74) is 12.4. The fraction of sp³-hybridized carbons (Fsp3) is 0.0137. The fourth-order valence-corrected chi connectivity index (χ4v) is 8.87. The lowest BCUT2D eigenvalue weighted by molar-refractivity contribution is -0.133. The van der Waals surface area contributed by atoms with Crippen LogP contribution in [0.1, 0.15) is 72.3 Å². The van der Waals surface area contributed by atoms with E-state index in [0.717, 1.165) is 72.7 Å². The van der Waals surface area contributed by atoms with Gasteiger partial charge in [0.2, 0.25) is 0 Å². The molecule has 0 spiro atoms. The summed E-state index contributed by atoms with van der Waals surface area (Å²) in [6, 6.07) is 60.8. The first-order chi connectivity index (χ1) is 41.6. The van der Waals surface area contributed by atoms with Crippen LogP contribution >= 0.6 is 0 Å². The largest absolute Gasteiger partial charge is 0.486 e. The lowest BCUT2D eigenvalue weighted by atomic mass is 9.94. The highest BCUT2D eigenvalue weighted by molar-refractivity contribution is 5.98. The molecule has 0 aromatic heterocycles. The van der Waals surface area contributed by atoms with Gasteiger partial charge in [0, 0.05) is 17.1 Å². The molecule has 0 saturated carbocycles. The summed E-state index contributed by atoms with van der Waals surface area (Å²) < 4.78 is 0. The third kappa shape index (κ3) is 15.6. The molecule has 8 rings (SSSR count). The van der Waals surface area contributed by atoms with Crippen molar-refractivity contribution in [3.63, 3.8) is 0 Å². The number of nitrogens with zero attached hydrogens (tertiary/aromatic N) is 5. The topological polar surface area (TPSA) is 170 Å². The Morgan fingerprint density at radius 1 is 0.314 bits per heavy atom. The van der Waals surface area contributed by atoms with E-state index >= 15 is 0 Å². The van der Waals surface area contributed by atoms with Crippen LogP contribution < -0.4 is 4.90 Å². The monoisotopic (exact) mass is 1120 g/mol. The van der Waals surface area contributed by atoms with E-state index in [1.54, 1.807) is 48.5 Å². The number of hydrogen-bond donors (Lipinski definition) is 4. The minimum Gasteiger partial charge on any atom is -0.486 e. The van der Waals surface area contributed by atoms with Crippen LogP contribution in [-0.4, -0.2) is 44.3 Å². The molecule has 0 heterocycles. The zero-order chi connectivity index (χ0) is 61.1. The maximum Gasteiger partial charge on any atom is 0.333 e. The van der Waals surface area contributed by atoms with Gasteiger partial charge in [-0.15, -0.1) is 0 Å². The Labute approximate surface area is 496 Å². The summed E-state index contributed by atoms with van der Waals surface area (Å²) in [7, 11) is 0. The van der Waals surface area contributed by atoms with Gasteiger partial charge in [-0.2, -0.15) is 0 Å². The average molecular weight is 1120 g/mol. The minimum absolute atomic E-state index is 0.429. The molecular formula is C73H49N5O8. The van der Waals surface area contributed by atoms with Gasteiger partial charge in [0.1, 0.15) is 0 Å². The van der Waals surface area contributed by atoms with E-state index < -0.39 is 46.7 Å². The molecule has 86 heavy (non-hydrogen) atoms. The number of benzene rings is 8. The molecule has 13 nitrogen and oxygen atoms in total. The number of carbonyl (C=O) groups is 4. The smallest absolute Gasteiger partial charge is 0.333 e. The molecule has 0 radical (unpaired) electrons. The van der Waals surface area contributed by atoms with Crippen LogP contribution in [0.25, 0.3) is 79.1 Å². The second-order valence-corrected chi connectivity index (χ2v) is 19.1. The molecule has 13 heteroatoms. The predicted molar refractivity (Wildman–Crippen MR) is 339 cm³/mol. The molecule has 0 saturated heterocycles. The molecule has 8 aromatic rings. The van der Waals surface area contributed by atoms with Crippen molar-refractivity contribution in [1.82, 2.24) is 0 Å². The minimum atomic E-state index is -1.34. The Morgan fingerprint density at radius 2 is 0.523 bits per heavy atom. The number of rotatable bonds is 20. The number of allylic oxidation sites excluding steroid dienone is 2. The van der Waals surface area contributed by atoms with E-state index in [-0.39, 0.29) is 0 Å². The average Bonchev–Trinajstić information content (AvgIpc) is 2.07. The Bertz CT molecular complexity index is 3910. The van der Waals surface area contributed by atoms with Gasteiger partial charge >= 0.3 is 23.9 Å². The zero-order valence-corrected chi connectivity index (χ0v) is 45.9. The molecule has 4 N–H and O–H groups in total. The van der Waals surface area contributed by atoms with Gasteiger partial charge in [-0.3, -0.25) is 19.2 Å². The van der Waals surface area contributed by atoms with E-state index in [4.69, 9.17) is 26.3 Å². The molecule has 0 amide bonds. The maximum atomic E-state index is 11.6. The fourth-order valence-electron chi connectivity index (χ4n) is 8.87. The Balaban J connectivity index is 1.19. The molecule has 414 valence electrons. The summed E-state index contributed by atoms with van der Waals surface area (Å²) >= 11 is 0. The Hall–Kier alpha value is -12.7. The van der Waals surface area contributed by atoms with E-state index in [9.17, 15) is 39.6 Å². The maximum absolute atomic E-state index is 11.6. The van der Waals surface area contributed by atoms with E-state index in [1.807, 2.05) is 158 Å². The van der Waals surface area contributed by atoms with Crippen molar-refractivity contribution in [2.45, 2.75) is 6.92 Å². The Kier molecular flexibility index (Phi) is 19.5. The zero-order valence-electron chi connectivity index (χ0n) is 45.9. The molecule has 0 bridgehead atoms. The van der Waals surface area contributed by atoms with Crippen molar-refractivity contribution in [2.75, 3.05) is 4.90 Å². The third-order valence-corrected chi connectivity index (χ3v) is 13.3. The first-order valence-corrected chi connectivity index (χ1v) is 26.3. The molecule has 0 aliphatic carbocycles. The molecule has 8 aromatic carbocycles. The van der Waals surface area contributed by atoms with E-state index in [0.29, 0.717) is 22.3 Å². The summed E-state index contributed by atoms with van der Waals surface area (Å²) in [5, 5.41) is 37.9. The summed E-state index contributed by atoms with van der Waals surface area (Å²) in [6.45, 7) is 31.3. The quantitative estimate of drug-likeness (QED) is 0.0251. The lowest BCUT2D eigenvalue weighted by Crippen LogP contribution is -2.09. The van der Waals surface area contributed by atoms with E-state index in [2.05, 4.69) is 55.5 Å². The van der Waals surface area contributed by atoms with Crippen molar-refractivity contribution in [3.05, 3.63) is 347 Å². The second kappa shape index (κ2) is 28.1. The van der Waals surface area contributed by atoms with Gasteiger partial charge in [0.15, 0.2) is 0 Å². The van der Waals surface area contributed by atoms with Crippen molar-refractivity contribution in [3.8, 4) is 0 Å². The van der Waals surface area contributed by atoms with Gasteiger partial charge in [-0.1, -0.05) is 188 Å². The van der Waals surface area contributed by atoms with Crippen LogP contribution in [0.2, 0.25) is 0 Å².